The van der Waals surface area contributed by atoms with E-state index in [9.17, 15) is 9.18 Å². The number of hydrogen-bond acceptors (Lipinski definition) is 8. The van der Waals surface area contributed by atoms with Crippen LogP contribution >= 0.6 is 0 Å². The highest BCUT2D eigenvalue weighted by molar-refractivity contribution is 5.91. The summed E-state index contributed by atoms with van der Waals surface area (Å²) in [4.78, 5) is 23.8. The van der Waals surface area contributed by atoms with Crippen molar-refractivity contribution in [1.29, 1.82) is 0 Å². The maximum absolute atomic E-state index is 14.3. The van der Waals surface area contributed by atoms with Crippen molar-refractivity contribution in [1.82, 2.24) is 9.97 Å². The Morgan fingerprint density at radius 3 is 2.53 bits per heavy atom. The van der Waals surface area contributed by atoms with Crippen LogP contribution in [0.3, 0.4) is 0 Å². The quantitative estimate of drug-likeness (QED) is 0.433. The summed E-state index contributed by atoms with van der Waals surface area (Å²) in [5.41, 5.74) is 2.61. The monoisotopic (exact) mass is 522 g/mol. The van der Waals surface area contributed by atoms with Gasteiger partial charge in [0.15, 0.2) is 0 Å². The Kier molecular flexibility index (Phi) is 7.65. The van der Waals surface area contributed by atoms with Crippen molar-refractivity contribution in [3.63, 3.8) is 0 Å². The molecule has 9 heteroatoms. The molecule has 38 heavy (non-hydrogen) atoms. The highest BCUT2D eigenvalue weighted by Gasteiger charge is 2.26. The number of carbonyl (C=O) groups is 1. The second-order valence-electron chi connectivity index (χ2n) is 10.9. The first-order valence-corrected chi connectivity index (χ1v) is 13.3. The van der Waals surface area contributed by atoms with Gasteiger partial charge in [0.05, 0.1) is 30.4 Å². The van der Waals surface area contributed by atoms with Gasteiger partial charge in [0.1, 0.15) is 22.7 Å². The average molecular weight is 523 g/mol. The number of aromatic nitrogens is 2. The zero-order valence-electron chi connectivity index (χ0n) is 22.2. The normalized spacial score (nSPS) is 20.3. The zero-order valence-corrected chi connectivity index (χ0v) is 22.2. The van der Waals surface area contributed by atoms with E-state index in [1.165, 1.54) is 12.1 Å². The topological polar surface area (TPSA) is 85.8 Å². The maximum Gasteiger partial charge on any atom is 0.341 e. The first kappa shape index (κ1) is 26.2. The van der Waals surface area contributed by atoms with Crippen LogP contribution in [0.15, 0.2) is 42.7 Å². The Bertz CT molecular complexity index is 1280. The van der Waals surface area contributed by atoms with Crippen molar-refractivity contribution in [2.24, 2.45) is 0 Å². The van der Waals surface area contributed by atoms with E-state index in [-0.39, 0.29) is 17.7 Å². The van der Waals surface area contributed by atoms with Gasteiger partial charge in [-0.3, -0.25) is 4.98 Å². The number of esters is 1. The van der Waals surface area contributed by atoms with Crippen LogP contribution in [0.1, 0.15) is 56.8 Å². The molecule has 8 nitrogen and oxygen atoms in total. The molecule has 1 saturated heterocycles. The van der Waals surface area contributed by atoms with E-state index >= 15 is 0 Å². The van der Waals surface area contributed by atoms with Crippen LogP contribution in [0.4, 0.5) is 15.8 Å². The van der Waals surface area contributed by atoms with Gasteiger partial charge in [0.25, 0.3) is 0 Å². The lowest BCUT2D eigenvalue weighted by Gasteiger charge is -2.32. The van der Waals surface area contributed by atoms with Gasteiger partial charge in [0, 0.05) is 49.0 Å². The number of morpholine rings is 1. The molecule has 0 atom stereocenters. The van der Waals surface area contributed by atoms with Gasteiger partial charge in [-0.1, -0.05) is 0 Å². The summed E-state index contributed by atoms with van der Waals surface area (Å²) in [5.74, 6) is -0.490. The molecule has 2 fully saturated rings. The highest BCUT2D eigenvalue weighted by atomic mass is 19.1. The Morgan fingerprint density at radius 2 is 1.79 bits per heavy atom. The molecule has 5 rings (SSSR count). The number of hydrogen-bond donors (Lipinski definition) is 1. The minimum Gasteiger partial charge on any atom is -0.488 e. The summed E-state index contributed by atoms with van der Waals surface area (Å²) in [7, 11) is 0. The van der Waals surface area contributed by atoms with Gasteiger partial charge in [-0.25, -0.2) is 14.2 Å². The van der Waals surface area contributed by atoms with Gasteiger partial charge >= 0.3 is 5.97 Å². The molecule has 1 aromatic heterocycles. The minimum atomic E-state index is -0.691. The van der Waals surface area contributed by atoms with Crippen molar-refractivity contribution < 1.29 is 23.4 Å². The molecular weight excluding hydrogens is 487 g/mol. The summed E-state index contributed by atoms with van der Waals surface area (Å²) < 4.78 is 31.7. The lowest BCUT2D eigenvalue weighted by molar-refractivity contribution is 0.00647. The molecule has 1 saturated carbocycles. The highest BCUT2D eigenvalue weighted by Crippen LogP contribution is 2.33. The number of rotatable bonds is 6. The van der Waals surface area contributed by atoms with Crippen LogP contribution in [0.2, 0.25) is 0 Å². The molecule has 2 aromatic carbocycles. The fourth-order valence-electron chi connectivity index (χ4n) is 4.97. The lowest BCUT2D eigenvalue weighted by atomic mass is 9.92. The van der Waals surface area contributed by atoms with E-state index in [0.717, 1.165) is 61.2 Å². The van der Waals surface area contributed by atoms with Crippen LogP contribution in [-0.4, -0.2) is 60.0 Å². The molecule has 0 bridgehead atoms. The van der Waals surface area contributed by atoms with Gasteiger partial charge in [-0.15, -0.1) is 0 Å². The van der Waals surface area contributed by atoms with Crippen molar-refractivity contribution in [3.05, 3.63) is 54.1 Å². The fraction of sp³-hybridized carbons (Fsp3) is 0.483. The molecule has 1 N–H and O–H groups in total. The van der Waals surface area contributed by atoms with E-state index in [0.29, 0.717) is 18.9 Å². The molecule has 1 aliphatic carbocycles. The van der Waals surface area contributed by atoms with E-state index in [1.54, 1.807) is 39.2 Å². The van der Waals surface area contributed by atoms with E-state index in [1.807, 2.05) is 0 Å². The maximum atomic E-state index is 14.3. The second kappa shape index (κ2) is 11.1. The summed E-state index contributed by atoms with van der Waals surface area (Å²) in [6, 6.07) is 8.84. The average Bonchev–Trinajstić information content (AvgIpc) is 2.90. The smallest absolute Gasteiger partial charge is 0.341 e. The molecule has 2 aliphatic rings. The molecule has 202 valence electrons. The Labute approximate surface area is 222 Å². The number of nitrogens with one attached hydrogen (secondary N) is 1. The van der Waals surface area contributed by atoms with E-state index in [2.05, 4.69) is 32.3 Å². The Balaban J connectivity index is 1.23. The van der Waals surface area contributed by atoms with E-state index in [4.69, 9.17) is 14.2 Å². The lowest BCUT2D eigenvalue weighted by Crippen LogP contribution is -2.36. The molecule has 0 radical (unpaired) electrons. The molecule has 1 aliphatic heterocycles. The molecule has 3 aromatic rings. The number of carbonyl (C=O) groups excluding carboxylic acids is 1. The third-order valence-corrected chi connectivity index (χ3v) is 6.82. The van der Waals surface area contributed by atoms with Crippen LogP contribution in [0.5, 0.6) is 5.75 Å². The van der Waals surface area contributed by atoms with Gasteiger partial charge in [-0.05, 0) is 70.7 Å². The number of anilines is 2. The predicted octanol–water partition coefficient (Wildman–Crippen LogP) is 5.36. The SMILES string of the molecule is CC(C)(C)OC(=O)c1cc(N[C@H]2CC[C@@H](Oc3cc(N4CCOCC4)cc4nccnc34)CC2)ccc1F. The van der Waals surface area contributed by atoms with Crippen LogP contribution in [0.25, 0.3) is 11.0 Å². The molecule has 0 unspecified atom stereocenters. The van der Waals surface area contributed by atoms with Crippen LogP contribution in [0, 0.1) is 5.82 Å². The Hall–Kier alpha value is -3.46. The fourth-order valence-corrected chi connectivity index (χ4v) is 4.97. The second-order valence-corrected chi connectivity index (χ2v) is 10.9. The first-order valence-electron chi connectivity index (χ1n) is 13.3. The van der Waals surface area contributed by atoms with Crippen LogP contribution in [-0.2, 0) is 9.47 Å². The standard InChI is InChI=1S/C29H35FN4O4/c1-29(2,3)38-28(35)23-16-20(6-9-24(23)30)33-19-4-7-22(8-5-19)37-26-18-21(34-12-14-36-15-13-34)17-25-27(26)32-11-10-31-25/h6,9-11,16-19,22,33H,4-5,7-8,12-15H2,1-3H3/t19-,22+. The minimum absolute atomic E-state index is 0.0590. The predicted molar refractivity (Wildman–Crippen MR) is 144 cm³/mol. The molecule has 2 heterocycles. The Morgan fingerprint density at radius 1 is 1.05 bits per heavy atom. The summed E-state index contributed by atoms with van der Waals surface area (Å²) in [5, 5.41) is 3.46. The first-order chi connectivity index (χ1) is 18.2. The molecule has 0 amide bonds. The van der Waals surface area contributed by atoms with Crippen molar-refractivity contribution >= 4 is 28.4 Å². The number of halogens is 1. The number of nitrogens with zero attached hydrogens (tertiary/aromatic N) is 3. The summed E-state index contributed by atoms with van der Waals surface area (Å²) >= 11 is 0. The van der Waals surface area contributed by atoms with Gasteiger partial charge in [0.2, 0.25) is 0 Å². The van der Waals surface area contributed by atoms with E-state index < -0.39 is 17.4 Å². The largest absolute Gasteiger partial charge is 0.488 e. The number of benzene rings is 2. The molecule has 0 spiro atoms. The number of ether oxygens (including phenoxy) is 3. The van der Waals surface area contributed by atoms with Crippen LogP contribution < -0.4 is 15.0 Å². The third kappa shape index (κ3) is 6.32. The van der Waals surface area contributed by atoms with Crippen molar-refractivity contribution in [3.8, 4) is 5.75 Å². The molecular formula is C29H35FN4O4. The number of fused-ring (bicyclic) bond motifs is 1. The van der Waals surface area contributed by atoms with Gasteiger partial charge in [-0.2, -0.15) is 0 Å². The summed E-state index contributed by atoms with van der Waals surface area (Å²) in [6.07, 6.45) is 6.95. The summed E-state index contributed by atoms with van der Waals surface area (Å²) in [6.45, 7) is 8.37. The van der Waals surface area contributed by atoms with Gasteiger partial charge < -0.3 is 24.4 Å². The van der Waals surface area contributed by atoms with Crippen molar-refractivity contribution in [2.45, 2.75) is 64.2 Å². The zero-order chi connectivity index (χ0) is 26.7. The third-order valence-electron chi connectivity index (χ3n) is 6.82. The van der Waals surface area contributed by atoms with Crippen molar-refractivity contribution in [2.75, 3.05) is 36.5 Å².